The fraction of sp³-hybridized carbons (Fsp3) is 0.0625. The van der Waals surface area contributed by atoms with Crippen molar-refractivity contribution in [3.8, 4) is 6.07 Å². The molecule has 6 nitrogen and oxygen atoms in total. The average Bonchev–Trinajstić information content (AvgIpc) is 2.57. The lowest BCUT2D eigenvalue weighted by atomic mass is 10.2. The zero-order valence-corrected chi connectivity index (χ0v) is 13.8. The van der Waals surface area contributed by atoms with Gasteiger partial charge in [-0.1, -0.05) is 35.3 Å². The first-order valence-electron chi connectivity index (χ1n) is 6.78. The minimum Gasteiger partial charge on any atom is -0.329 e. The van der Waals surface area contributed by atoms with Gasteiger partial charge in [0.2, 0.25) is 5.91 Å². The lowest BCUT2D eigenvalue weighted by molar-refractivity contribution is -0.115. The molecule has 122 valence electrons. The van der Waals surface area contributed by atoms with Gasteiger partial charge in [0.1, 0.15) is 6.07 Å². The maximum Gasteiger partial charge on any atom is 0.319 e. The Bertz CT molecular complexity index is 818. The van der Waals surface area contributed by atoms with E-state index in [-0.39, 0.29) is 6.54 Å². The summed E-state index contributed by atoms with van der Waals surface area (Å²) in [5, 5.41) is 17.1. The highest BCUT2D eigenvalue weighted by Crippen LogP contribution is 2.25. The minimum absolute atomic E-state index is 0.274. The van der Waals surface area contributed by atoms with Gasteiger partial charge < -0.3 is 16.0 Å². The van der Waals surface area contributed by atoms with E-state index < -0.39 is 11.9 Å². The zero-order chi connectivity index (χ0) is 17.5. The molecule has 0 radical (unpaired) electrons. The number of hydrogen-bond donors (Lipinski definition) is 3. The summed E-state index contributed by atoms with van der Waals surface area (Å²) in [6.07, 6.45) is 0. The number of nitrogens with one attached hydrogen (secondary N) is 3. The van der Waals surface area contributed by atoms with Crippen molar-refractivity contribution in [2.75, 3.05) is 17.2 Å². The number of hydrogen-bond acceptors (Lipinski definition) is 3. The number of amides is 3. The number of nitriles is 1. The molecule has 2 aromatic carbocycles. The molecular formula is C16H12Cl2N4O2. The Labute approximate surface area is 148 Å². The number of carbonyl (C=O) groups excluding carboxylic acids is 2. The highest BCUT2D eigenvalue weighted by Gasteiger charge is 2.10. The molecule has 0 spiro atoms. The molecule has 8 heteroatoms. The number of benzene rings is 2. The van der Waals surface area contributed by atoms with E-state index in [1.165, 1.54) is 6.07 Å². The average molecular weight is 363 g/mol. The van der Waals surface area contributed by atoms with E-state index in [9.17, 15) is 9.59 Å². The van der Waals surface area contributed by atoms with Crippen LogP contribution < -0.4 is 16.0 Å². The number of halogens is 2. The van der Waals surface area contributed by atoms with Crippen LogP contribution in [0.4, 0.5) is 16.2 Å². The van der Waals surface area contributed by atoms with E-state index in [0.29, 0.717) is 27.0 Å². The van der Waals surface area contributed by atoms with Gasteiger partial charge in [-0.05, 0) is 30.3 Å². The molecule has 0 atom stereocenters. The van der Waals surface area contributed by atoms with E-state index in [2.05, 4.69) is 16.0 Å². The highest BCUT2D eigenvalue weighted by molar-refractivity contribution is 6.35. The van der Waals surface area contributed by atoms with Gasteiger partial charge in [-0.25, -0.2) is 4.79 Å². The van der Waals surface area contributed by atoms with Gasteiger partial charge in [0, 0.05) is 5.02 Å². The van der Waals surface area contributed by atoms with E-state index in [1.807, 2.05) is 6.07 Å². The van der Waals surface area contributed by atoms with Crippen LogP contribution in [0, 0.1) is 11.3 Å². The van der Waals surface area contributed by atoms with Crippen LogP contribution in [0.25, 0.3) is 0 Å². The molecule has 3 amide bonds. The second kappa shape index (κ2) is 8.20. The number of para-hydroxylation sites is 1. The molecule has 3 N–H and O–H groups in total. The third kappa shape index (κ3) is 4.88. The molecule has 0 unspecified atom stereocenters. The van der Waals surface area contributed by atoms with Crippen LogP contribution >= 0.6 is 23.2 Å². The van der Waals surface area contributed by atoms with Crippen LogP contribution in [0.15, 0.2) is 42.5 Å². The minimum atomic E-state index is -0.606. The number of urea groups is 1. The number of anilines is 2. The van der Waals surface area contributed by atoms with Crippen LogP contribution in [0.5, 0.6) is 0 Å². The maximum atomic E-state index is 11.8. The Hall–Kier alpha value is -2.75. The van der Waals surface area contributed by atoms with Crippen molar-refractivity contribution in [3.05, 3.63) is 58.1 Å². The van der Waals surface area contributed by atoms with E-state index in [1.54, 1.807) is 36.4 Å². The van der Waals surface area contributed by atoms with Crippen molar-refractivity contribution in [1.82, 2.24) is 5.32 Å². The Balaban J connectivity index is 1.88. The number of nitrogens with zero attached hydrogens (tertiary/aromatic N) is 1. The smallest absolute Gasteiger partial charge is 0.319 e. The molecule has 0 aliphatic heterocycles. The first kappa shape index (κ1) is 17.6. The SMILES string of the molecule is N#Cc1ccccc1NC(=O)NCC(=O)Nc1cc(Cl)ccc1Cl. The van der Waals surface area contributed by atoms with Gasteiger partial charge in [-0.15, -0.1) is 0 Å². The summed E-state index contributed by atoms with van der Waals surface area (Å²) < 4.78 is 0. The van der Waals surface area contributed by atoms with Crippen LogP contribution in [0.3, 0.4) is 0 Å². The monoisotopic (exact) mass is 362 g/mol. The van der Waals surface area contributed by atoms with Gasteiger partial charge in [0.15, 0.2) is 0 Å². The van der Waals surface area contributed by atoms with Gasteiger partial charge >= 0.3 is 6.03 Å². The molecule has 0 aliphatic carbocycles. The Morgan fingerprint density at radius 1 is 1.04 bits per heavy atom. The summed E-state index contributed by atoms with van der Waals surface area (Å²) in [6, 6.07) is 12.5. The predicted octanol–water partition coefficient (Wildman–Crippen LogP) is 3.63. The first-order chi connectivity index (χ1) is 11.5. The Kier molecular flexibility index (Phi) is 6.01. The van der Waals surface area contributed by atoms with Crippen molar-refractivity contribution < 1.29 is 9.59 Å². The highest BCUT2D eigenvalue weighted by atomic mass is 35.5. The third-order valence-electron chi connectivity index (χ3n) is 2.91. The summed E-state index contributed by atoms with van der Waals surface area (Å²) in [5.41, 5.74) is 1.03. The van der Waals surface area contributed by atoms with Crippen LogP contribution in [-0.4, -0.2) is 18.5 Å². The third-order valence-corrected chi connectivity index (χ3v) is 3.47. The van der Waals surface area contributed by atoms with Crippen LogP contribution in [-0.2, 0) is 4.79 Å². The molecule has 0 aromatic heterocycles. The molecule has 0 saturated heterocycles. The number of carbonyl (C=O) groups is 2. The summed E-state index contributed by atoms with van der Waals surface area (Å²) >= 11 is 11.8. The summed E-state index contributed by atoms with van der Waals surface area (Å²) in [4.78, 5) is 23.6. The fourth-order valence-corrected chi connectivity index (χ4v) is 2.14. The van der Waals surface area contributed by atoms with E-state index >= 15 is 0 Å². The Morgan fingerprint density at radius 2 is 1.79 bits per heavy atom. The molecular weight excluding hydrogens is 351 g/mol. The van der Waals surface area contributed by atoms with Crippen molar-refractivity contribution in [3.63, 3.8) is 0 Å². The van der Waals surface area contributed by atoms with Gasteiger partial charge in [-0.3, -0.25) is 4.79 Å². The topological polar surface area (TPSA) is 94.0 Å². The maximum absolute atomic E-state index is 11.8. The molecule has 2 rings (SSSR count). The molecule has 0 saturated carbocycles. The lowest BCUT2D eigenvalue weighted by Crippen LogP contribution is -2.36. The molecule has 2 aromatic rings. The van der Waals surface area contributed by atoms with Gasteiger partial charge in [-0.2, -0.15) is 5.26 Å². The quantitative estimate of drug-likeness (QED) is 0.774. The van der Waals surface area contributed by atoms with Gasteiger partial charge in [0.05, 0.1) is 28.5 Å². The lowest BCUT2D eigenvalue weighted by Gasteiger charge is -2.10. The zero-order valence-electron chi connectivity index (χ0n) is 12.3. The fourth-order valence-electron chi connectivity index (χ4n) is 1.80. The van der Waals surface area contributed by atoms with Crippen molar-refractivity contribution in [1.29, 1.82) is 5.26 Å². The first-order valence-corrected chi connectivity index (χ1v) is 7.54. The molecule has 0 heterocycles. The molecule has 24 heavy (non-hydrogen) atoms. The molecule has 0 fully saturated rings. The Morgan fingerprint density at radius 3 is 2.54 bits per heavy atom. The predicted molar refractivity (Wildman–Crippen MR) is 93.3 cm³/mol. The van der Waals surface area contributed by atoms with E-state index in [4.69, 9.17) is 28.5 Å². The standard InChI is InChI=1S/C16H12Cl2N4O2/c17-11-5-6-12(18)14(7-11)21-15(23)9-20-16(24)22-13-4-2-1-3-10(13)8-19/h1-7H,9H2,(H,21,23)(H2,20,22,24). The second-order valence-corrected chi connectivity index (χ2v) is 5.48. The van der Waals surface area contributed by atoms with Crippen LogP contribution in [0.1, 0.15) is 5.56 Å². The molecule has 0 aliphatic rings. The van der Waals surface area contributed by atoms with Crippen LogP contribution in [0.2, 0.25) is 10.0 Å². The second-order valence-electron chi connectivity index (χ2n) is 4.64. The van der Waals surface area contributed by atoms with Gasteiger partial charge in [0.25, 0.3) is 0 Å². The largest absolute Gasteiger partial charge is 0.329 e. The van der Waals surface area contributed by atoms with Crippen molar-refractivity contribution in [2.24, 2.45) is 0 Å². The van der Waals surface area contributed by atoms with Crippen molar-refractivity contribution >= 4 is 46.5 Å². The summed E-state index contributed by atoms with van der Waals surface area (Å²) in [6.45, 7) is -0.274. The summed E-state index contributed by atoms with van der Waals surface area (Å²) in [5.74, 6) is -0.470. The molecule has 0 bridgehead atoms. The summed E-state index contributed by atoms with van der Waals surface area (Å²) in [7, 11) is 0. The van der Waals surface area contributed by atoms with E-state index in [0.717, 1.165) is 0 Å². The van der Waals surface area contributed by atoms with Crippen molar-refractivity contribution in [2.45, 2.75) is 0 Å². The number of rotatable bonds is 4. The normalized spacial score (nSPS) is 9.71.